The van der Waals surface area contributed by atoms with Crippen molar-refractivity contribution in [1.82, 2.24) is 10.3 Å². The number of anilines is 1. The van der Waals surface area contributed by atoms with Crippen LogP contribution in [0.3, 0.4) is 0 Å². The van der Waals surface area contributed by atoms with Gasteiger partial charge in [-0.3, -0.25) is 14.6 Å². The van der Waals surface area contributed by atoms with Crippen LogP contribution in [0.25, 0.3) is 0 Å². The molecule has 1 saturated heterocycles. The van der Waals surface area contributed by atoms with Crippen LogP contribution < -0.4 is 16.0 Å². The number of primary amides is 1. The Kier molecular flexibility index (Phi) is 5.83. The Balaban J connectivity index is 1.45. The third kappa shape index (κ3) is 5.20. The summed E-state index contributed by atoms with van der Waals surface area (Å²) in [7, 11) is 0. The van der Waals surface area contributed by atoms with E-state index in [0.717, 1.165) is 17.8 Å². The average molecular weight is 446 g/mol. The Morgan fingerprint density at radius 2 is 1.91 bits per heavy atom. The normalized spacial score (nSPS) is 20.9. The minimum atomic E-state index is -4.50. The van der Waals surface area contributed by atoms with Gasteiger partial charge in [0.1, 0.15) is 0 Å². The van der Waals surface area contributed by atoms with E-state index in [0.29, 0.717) is 18.9 Å². The summed E-state index contributed by atoms with van der Waals surface area (Å²) in [6.45, 7) is 0.540. The number of hydrogen-bond donors (Lipinski definition) is 2. The van der Waals surface area contributed by atoms with Crippen LogP contribution in [0.15, 0.2) is 42.7 Å². The van der Waals surface area contributed by atoms with E-state index in [1.807, 2.05) is 24.3 Å². The first-order valence-corrected chi connectivity index (χ1v) is 10.6. The minimum Gasteiger partial charge on any atom is -0.370 e. The summed E-state index contributed by atoms with van der Waals surface area (Å²) in [4.78, 5) is 29.9. The number of nitrogens with two attached hydrogens (primary N) is 1. The second-order valence-electron chi connectivity index (χ2n) is 8.77. The number of pyridine rings is 1. The summed E-state index contributed by atoms with van der Waals surface area (Å²) in [5.74, 6) is -0.205. The number of alkyl halides is 3. The zero-order chi connectivity index (χ0) is 22.9. The van der Waals surface area contributed by atoms with Crippen LogP contribution >= 0.6 is 0 Å². The molecule has 0 bridgehead atoms. The summed E-state index contributed by atoms with van der Waals surface area (Å²) >= 11 is 0. The molecule has 1 aliphatic heterocycles. The molecule has 32 heavy (non-hydrogen) atoms. The SMILES string of the molecule is NC(=O)C[C@]1(NC(=O)Cc2ccc(C3CC3)cc2)CCN(c2cncc(C(F)(F)F)c2)C1. The Hall–Kier alpha value is -3.10. The smallest absolute Gasteiger partial charge is 0.370 e. The van der Waals surface area contributed by atoms with Crippen molar-refractivity contribution in [2.75, 3.05) is 18.0 Å². The molecule has 0 radical (unpaired) electrons. The van der Waals surface area contributed by atoms with Gasteiger partial charge in [-0.25, -0.2) is 0 Å². The van der Waals surface area contributed by atoms with E-state index in [1.165, 1.54) is 24.6 Å². The first-order chi connectivity index (χ1) is 15.1. The molecule has 9 heteroatoms. The molecule has 0 spiro atoms. The van der Waals surface area contributed by atoms with Crippen LogP contribution in [0.5, 0.6) is 0 Å². The number of amides is 2. The number of hydrogen-bond acceptors (Lipinski definition) is 4. The van der Waals surface area contributed by atoms with E-state index in [2.05, 4.69) is 10.3 Å². The van der Waals surface area contributed by atoms with E-state index in [-0.39, 0.29) is 31.0 Å². The van der Waals surface area contributed by atoms with Gasteiger partial charge in [-0.2, -0.15) is 13.2 Å². The highest BCUT2D eigenvalue weighted by atomic mass is 19.4. The van der Waals surface area contributed by atoms with Crippen molar-refractivity contribution >= 4 is 17.5 Å². The number of benzene rings is 1. The molecule has 2 aromatic rings. The van der Waals surface area contributed by atoms with Gasteiger partial charge in [0.25, 0.3) is 0 Å². The average Bonchev–Trinajstić information content (AvgIpc) is 3.49. The van der Waals surface area contributed by atoms with Crippen molar-refractivity contribution in [3.63, 3.8) is 0 Å². The van der Waals surface area contributed by atoms with Crippen molar-refractivity contribution in [2.24, 2.45) is 5.73 Å². The fraction of sp³-hybridized carbons (Fsp3) is 0.435. The highest BCUT2D eigenvalue weighted by Crippen LogP contribution is 2.40. The summed E-state index contributed by atoms with van der Waals surface area (Å²) in [5, 5.41) is 2.94. The van der Waals surface area contributed by atoms with Crippen LogP contribution in [0.1, 0.15) is 48.3 Å². The molecule has 1 atom stereocenters. The minimum absolute atomic E-state index is 0.0950. The molecular weight excluding hydrogens is 421 g/mol. The number of nitrogens with one attached hydrogen (secondary N) is 1. The highest BCUT2D eigenvalue weighted by molar-refractivity contribution is 5.82. The highest BCUT2D eigenvalue weighted by Gasteiger charge is 2.41. The molecule has 3 N–H and O–H groups in total. The van der Waals surface area contributed by atoms with E-state index in [1.54, 1.807) is 4.90 Å². The van der Waals surface area contributed by atoms with Crippen LogP contribution in [0, 0.1) is 0 Å². The predicted molar refractivity (Wildman–Crippen MR) is 113 cm³/mol. The van der Waals surface area contributed by atoms with E-state index < -0.39 is 23.2 Å². The van der Waals surface area contributed by atoms with Gasteiger partial charge in [0.05, 0.1) is 35.8 Å². The van der Waals surface area contributed by atoms with Gasteiger partial charge in [-0.15, -0.1) is 0 Å². The first-order valence-electron chi connectivity index (χ1n) is 10.6. The number of aromatic nitrogens is 1. The maximum Gasteiger partial charge on any atom is 0.417 e. The fourth-order valence-electron chi connectivity index (χ4n) is 4.32. The maximum absolute atomic E-state index is 13.1. The molecule has 2 aliphatic rings. The van der Waals surface area contributed by atoms with Gasteiger partial charge < -0.3 is 16.0 Å². The summed E-state index contributed by atoms with van der Waals surface area (Å²) in [5.41, 5.74) is 6.07. The van der Waals surface area contributed by atoms with E-state index >= 15 is 0 Å². The van der Waals surface area contributed by atoms with Crippen molar-refractivity contribution in [3.8, 4) is 0 Å². The monoisotopic (exact) mass is 446 g/mol. The molecule has 1 aromatic carbocycles. The third-order valence-electron chi connectivity index (χ3n) is 6.08. The van der Waals surface area contributed by atoms with Crippen LogP contribution in [-0.2, 0) is 22.2 Å². The number of rotatable bonds is 7. The van der Waals surface area contributed by atoms with E-state index in [4.69, 9.17) is 5.73 Å². The molecule has 2 amide bonds. The maximum atomic E-state index is 13.1. The largest absolute Gasteiger partial charge is 0.417 e. The number of carbonyl (C=O) groups excluding carboxylic acids is 2. The molecule has 170 valence electrons. The van der Waals surface area contributed by atoms with Crippen LogP contribution in [0.2, 0.25) is 0 Å². The molecule has 4 rings (SSSR count). The number of halogens is 3. The van der Waals surface area contributed by atoms with Gasteiger partial charge in [0.2, 0.25) is 11.8 Å². The van der Waals surface area contributed by atoms with Gasteiger partial charge in [-0.05, 0) is 42.4 Å². The van der Waals surface area contributed by atoms with Crippen LogP contribution in [-0.4, -0.2) is 35.4 Å². The zero-order valence-electron chi connectivity index (χ0n) is 17.5. The van der Waals surface area contributed by atoms with Gasteiger partial charge in [-0.1, -0.05) is 24.3 Å². The Bertz CT molecular complexity index is 1010. The fourth-order valence-corrected chi connectivity index (χ4v) is 4.32. The molecule has 1 aromatic heterocycles. The van der Waals surface area contributed by atoms with Crippen LogP contribution in [0.4, 0.5) is 18.9 Å². The lowest BCUT2D eigenvalue weighted by atomic mass is 9.93. The molecule has 2 fully saturated rings. The Morgan fingerprint density at radius 3 is 2.53 bits per heavy atom. The summed E-state index contributed by atoms with van der Waals surface area (Å²) in [6, 6.07) is 8.97. The lowest BCUT2D eigenvalue weighted by molar-refractivity contribution is -0.137. The van der Waals surface area contributed by atoms with Gasteiger partial charge in [0, 0.05) is 19.3 Å². The lowest BCUT2D eigenvalue weighted by Gasteiger charge is -2.30. The Morgan fingerprint density at radius 1 is 1.19 bits per heavy atom. The molecular formula is C23H25F3N4O2. The third-order valence-corrected chi connectivity index (χ3v) is 6.08. The second-order valence-corrected chi connectivity index (χ2v) is 8.77. The van der Waals surface area contributed by atoms with E-state index in [9.17, 15) is 22.8 Å². The first kappa shape index (κ1) is 22.1. The molecule has 2 heterocycles. The second kappa shape index (κ2) is 8.44. The van der Waals surface area contributed by atoms with Crippen molar-refractivity contribution in [1.29, 1.82) is 0 Å². The molecule has 1 aliphatic carbocycles. The van der Waals surface area contributed by atoms with Gasteiger partial charge >= 0.3 is 6.18 Å². The van der Waals surface area contributed by atoms with Crippen molar-refractivity contribution in [2.45, 2.75) is 49.7 Å². The van der Waals surface area contributed by atoms with Crippen molar-refractivity contribution < 1.29 is 22.8 Å². The molecule has 0 unspecified atom stereocenters. The summed E-state index contributed by atoms with van der Waals surface area (Å²) < 4.78 is 39.2. The Labute approximate surface area is 184 Å². The standard InChI is InChI=1S/C23H25F3N4O2/c24-23(25,26)18-10-19(13-28-12-18)30-8-7-22(14-30,11-20(27)31)29-21(32)9-15-1-3-16(4-2-15)17-5-6-17/h1-4,10,12-13,17H,5-9,11,14H2,(H2,27,31)(H,29,32)/t22-/m1/s1. The van der Waals surface area contributed by atoms with Gasteiger partial charge in [0.15, 0.2) is 0 Å². The van der Waals surface area contributed by atoms with Crippen molar-refractivity contribution in [3.05, 3.63) is 59.4 Å². The number of carbonyl (C=O) groups is 2. The quantitative estimate of drug-likeness (QED) is 0.684. The lowest BCUT2D eigenvalue weighted by Crippen LogP contribution is -2.53. The zero-order valence-corrected chi connectivity index (χ0v) is 17.5. The summed E-state index contributed by atoms with van der Waals surface area (Å²) in [6.07, 6.45) is 0.458. The molecule has 1 saturated carbocycles. The molecule has 6 nitrogen and oxygen atoms in total. The topological polar surface area (TPSA) is 88.3 Å². The predicted octanol–water partition coefficient (Wildman–Crippen LogP) is 3.16. The number of nitrogens with zero attached hydrogens (tertiary/aromatic N) is 2.